The molecule has 16 heavy (non-hydrogen) atoms. The van der Waals surface area contributed by atoms with Crippen LogP contribution in [-0.4, -0.2) is 16.5 Å². The molecule has 0 atom stereocenters. The molecule has 0 aliphatic carbocycles. The van der Waals surface area contributed by atoms with E-state index in [1.165, 1.54) is 0 Å². The maximum absolute atomic E-state index is 4.60. The van der Waals surface area contributed by atoms with Gasteiger partial charge in [0, 0.05) is 13.0 Å². The quantitative estimate of drug-likeness (QED) is 0.868. The molecule has 0 aliphatic rings. The van der Waals surface area contributed by atoms with E-state index >= 15 is 0 Å². The lowest BCUT2D eigenvalue weighted by Crippen LogP contribution is -2.08. The van der Waals surface area contributed by atoms with E-state index in [-0.39, 0.29) is 0 Å². The zero-order valence-corrected chi connectivity index (χ0v) is 11.9. The van der Waals surface area contributed by atoms with Crippen molar-refractivity contribution in [3.05, 3.63) is 16.0 Å². The van der Waals surface area contributed by atoms with Gasteiger partial charge in [-0.3, -0.25) is 0 Å². The van der Waals surface area contributed by atoms with Gasteiger partial charge in [-0.25, -0.2) is 9.97 Å². The zero-order valence-electron chi connectivity index (χ0n) is 10.3. The van der Waals surface area contributed by atoms with Crippen molar-refractivity contribution in [2.24, 2.45) is 0 Å². The highest BCUT2D eigenvalue weighted by atomic mass is 79.9. The lowest BCUT2D eigenvalue weighted by molar-refractivity contribution is 0.789. The van der Waals surface area contributed by atoms with Crippen LogP contribution in [0.5, 0.6) is 0 Å². The average Bonchev–Trinajstić information content (AvgIpc) is 2.26. The van der Waals surface area contributed by atoms with Crippen molar-refractivity contribution >= 4 is 21.7 Å². The Labute approximate surface area is 106 Å². The van der Waals surface area contributed by atoms with Crippen molar-refractivity contribution in [1.82, 2.24) is 9.97 Å². The number of rotatable bonds is 6. The fourth-order valence-electron chi connectivity index (χ4n) is 1.57. The second-order valence-corrected chi connectivity index (χ2v) is 4.57. The van der Waals surface area contributed by atoms with Gasteiger partial charge in [0.1, 0.15) is 11.6 Å². The van der Waals surface area contributed by atoms with Crippen LogP contribution in [0.2, 0.25) is 0 Å². The molecule has 1 rings (SSSR count). The van der Waals surface area contributed by atoms with Gasteiger partial charge in [-0.15, -0.1) is 0 Å². The standard InChI is InChI=1S/C12H20BrN3/c1-4-7-9-11(13)12(14-6-3)16-10(15-9)8-5-2/h4-8H2,1-3H3,(H,14,15,16). The highest BCUT2D eigenvalue weighted by molar-refractivity contribution is 9.10. The molecule has 0 saturated carbocycles. The van der Waals surface area contributed by atoms with Crippen LogP contribution in [0.25, 0.3) is 0 Å². The molecule has 0 fully saturated rings. The van der Waals surface area contributed by atoms with Crippen molar-refractivity contribution in [2.45, 2.75) is 46.5 Å². The number of halogens is 1. The summed E-state index contributed by atoms with van der Waals surface area (Å²) in [4.78, 5) is 9.12. The van der Waals surface area contributed by atoms with Gasteiger partial charge in [0.2, 0.25) is 0 Å². The molecular formula is C12H20BrN3. The zero-order chi connectivity index (χ0) is 12.0. The van der Waals surface area contributed by atoms with Gasteiger partial charge < -0.3 is 5.32 Å². The maximum Gasteiger partial charge on any atom is 0.144 e. The first kappa shape index (κ1) is 13.4. The van der Waals surface area contributed by atoms with Gasteiger partial charge in [0.05, 0.1) is 10.2 Å². The maximum atomic E-state index is 4.60. The van der Waals surface area contributed by atoms with Gasteiger partial charge in [0.25, 0.3) is 0 Å². The molecule has 90 valence electrons. The van der Waals surface area contributed by atoms with Crippen molar-refractivity contribution < 1.29 is 0 Å². The minimum Gasteiger partial charge on any atom is -0.369 e. The predicted octanol–water partition coefficient (Wildman–Crippen LogP) is 3.58. The van der Waals surface area contributed by atoms with Crippen molar-refractivity contribution in [2.75, 3.05) is 11.9 Å². The molecule has 3 nitrogen and oxygen atoms in total. The van der Waals surface area contributed by atoms with E-state index in [0.29, 0.717) is 0 Å². The molecule has 0 unspecified atom stereocenters. The normalized spacial score (nSPS) is 10.5. The summed E-state index contributed by atoms with van der Waals surface area (Å²) in [5.74, 6) is 1.88. The van der Waals surface area contributed by atoms with Crippen LogP contribution in [0.15, 0.2) is 4.47 Å². The first-order valence-corrected chi connectivity index (χ1v) is 6.81. The molecular weight excluding hydrogens is 266 g/mol. The molecule has 0 saturated heterocycles. The van der Waals surface area contributed by atoms with Crippen LogP contribution >= 0.6 is 15.9 Å². The minimum absolute atomic E-state index is 0.882. The SMILES string of the molecule is CCCc1nc(CCC)c(Br)c(NCC)n1. The number of nitrogens with one attached hydrogen (secondary N) is 1. The van der Waals surface area contributed by atoms with Gasteiger partial charge in [-0.1, -0.05) is 20.3 Å². The molecule has 1 heterocycles. The Morgan fingerprint density at radius 1 is 1.06 bits per heavy atom. The van der Waals surface area contributed by atoms with Crippen LogP contribution in [-0.2, 0) is 12.8 Å². The summed E-state index contributed by atoms with van der Waals surface area (Å²) in [6.07, 6.45) is 4.13. The molecule has 1 N–H and O–H groups in total. The molecule has 0 radical (unpaired) electrons. The number of aryl methyl sites for hydroxylation is 2. The van der Waals surface area contributed by atoms with Gasteiger partial charge in [0.15, 0.2) is 0 Å². The first-order chi connectivity index (χ1) is 7.72. The van der Waals surface area contributed by atoms with E-state index in [2.05, 4.69) is 52.0 Å². The summed E-state index contributed by atoms with van der Waals surface area (Å²) in [6, 6.07) is 0. The van der Waals surface area contributed by atoms with Crippen molar-refractivity contribution in [3.8, 4) is 0 Å². The van der Waals surface area contributed by atoms with Crippen LogP contribution in [0, 0.1) is 0 Å². The fourth-order valence-corrected chi connectivity index (χ4v) is 2.08. The van der Waals surface area contributed by atoms with E-state index in [9.17, 15) is 0 Å². The summed E-state index contributed by atoms with van der Waals surface area (Å²) < 4.78 is 1.02. The molecule has 1 aromatic rings. The number of hydrogen-bond acceptors (Lipinski definition) is 3. The Hall–Kier alpha value is -0.640. The van der Waals surface area contributed by atoms with Gasteiger partial charge >= 0.3 is 0 Å². The Bertz CT molecular complexity index is 312. The molecule has 1 aromatic heterocycles. The van der Waals surface area contributed by atoms with Crippen LogP contribution in [0.1, 0.15) is 45.1 Å². The Balaban J connectivity index is 3.05. The Kier molecular flexibility index (Phi) is 5.74. The molecule has 4 heteroatoms. The third kappa shape index (κ3) is 3.44. The first-order valence-electron chi connectivity index (χ1n) is 6.02. The second-order valence-electron chi connectivity index (χ2n) is 3.78. The molecule has 0 amide bonds. The van der Waals surface area contributed by atoms with Gasteiger partial charge in [-0.2, -0.15) is 0 Å². The fraction of sp³-hybridized carbons (Fsp3) is 0.667. The number of hydrogen-bond donors (Lipinski definition) is 1. The third-order valence-corrected chi connectivity index (χ3v) is 3.10. The van der Waals surface area contributed by atoms with Crippen molar-refractivity contribution in [3.63, 3.8) is 0 Å². The van der Waals surface area contributed by atoms with E-state index in [4.69, 9.17) is 0 Å². The van der Waals surface area contributed by atoms with Crippen LogP contribution < -0.4 is 5.32 Å². The topological polar surface area (TPSA) is 37.8 Å². The minimum atomic E-state index is 0.882. The largest absolute Gasteiger partial charge is 0.369 e. The highest BCUT2D eigenvalue weighted by Crippen LogP contribution is 2.24. The third-order valence-electron chi connectivity index (χ3n) is 2.27. The average molecular weight is 286 g/mol. The summed E-state index contributed by atoms with van der Waals surface area (Å²) in [5, 5.41) is 3.28. The predicted molar refractivity (Wildman–Crippen MR) is 71.9 cm³/mol. The number of anilines is 1. The lowest BCUT2D eigenvalue weighted by Gasteiger charge is -2.11. The van der Waals surface area contributed by atoms with Crippen molar-refractivity contribution in [1.29, 1.82) is 0 Å². The highest BCUT2D eigenvalue weighted by Gasteiger charge is 2.10. The molecule has 0 aliphatic heterocycles. The summed E-state index contributed by atoms with van der Waals surface area (Å²) in [7, 11) is 0. The van der Waals surface area contributed by atoms with Gasteiger partial charge in [-0.05, 0) is 35.7 Å². The molecule has 0 bridgehead atoms. The van der Waals surface area contributed by atoms with Crippen LogP contribution in [0.4, 0.5) is 5.82 Å². The number of aromatic nitrogens is 2. The van der Waals surface area contributed by atoms with E-state index < -0.39 is 0 Å². The lowest BCUT2D eigenvalue weighted by atomic mass is 10.2. The van der Waals surface area contributed by atoms with E-state index in [1.807, 2.05) is 0 Å². The smallest absolute Gasteiger partial charge is 0.144 e. The molecule has 0 aromatic carbocycles. The monoisotopic (exact) mass is 285 g/mol. The summed E-state index contributed by atoms with van der Waals surface area (Å²) in [5.41, 5.74) is 1.12. The Morgan fingerprint density at radius 2 is 1.75 bits per heavy atom. The second kappa shape index (κ2) is 6.84. The van der Waals surface area contributed by atoms with E-state index in [0.717, 1.165) is 54.0 Å². The Morgan fingerprint density at radius 3 is 2.31 bits per heavy atom. The van der Waals surface area contributed by atoms with E-state index in [1.54, 1.807) is 0 Å². The summed E-state index contributed by atoms with van der Waals surface area (Å²) in [6.45, 7) is 7.28. The number of nitrogens with zero attached hydrogens (tertiary/aromatic N) is 2. The summed E-state index contributed by atoms with van der Waals surface area (Å²) >= 11 is 3.58. The van der Waals surface area contributed by atoms with Crippen LogP contribution in [0.3, 0.4) is 0 Å². The molecule has 0 spiro atoms.